The Hall–Kier alpha value is -2.83. The number of ether oxygens (including phenoxy) is 4. The van der Waals surface area contributed by atoms with Crippen molar-refractivity contribution >= 4 is 5.78 Å². The van der Waals surface area contributed by atoms with Crippen LogP contribution in [0.5, 0.6) is 23.4 Å². The van der Waals surface area contributed by atoms with Crippen LogP contribution in [-0.4, -0.2) is 44.2 Å². The first-order valence-corrected chi connectivity index (χ1v) is 8.03. The molecule has 0 unspecified atom stereocenters. The van der Waals surface area contributed by atoms with Gasteiger partial charge in [-0.15, -0.1) is 0 Å². The van der Waals surface area contributed by atoms with E-state index in [1.807, 2.05) is 26.8 Å². The van der Waals surface area contributed by atoms with E-state index >= 15 is 0 Å². The molecule has 0 saturated carbocycles. The van der Waals surface area contributed by atoms with E-state index in [9.17, 15) is 4.79 Å². The number of nitrogens with zero attached hydrogens (tertiary/aromatic N) is 2. The van der Waals surface area contributed by atoms with Gasteiger partial charge in [-0.1, -0.05) is 20.8 Å². The number of aromatic nitrogens is 2. The number of benzene rings is 1. The fraction of sp³-hybridized carbons (Fsp3) is 0.421. The molecule has 1 aromatic heterocycles. The first kappa shape index (κ1) is 19.5. The summed E-state index contributed by atoms with van der Waals surface area (Å²) in [4.78, 5) is 21.4. The molecule has 0 fully saturated rings. The standard InChI is InChI=1S/C19H24N2O5/c1-19(2,3)13-9-15(24-5)14(23-4)8-11(13)16(22)12-10-20-18(26-7)21-17(12)25-6/h8-10H,1-7H3. The van der Waals surface area contributed by atoms with Gasteiger partial charge in [-0.2, -0.15) is 4.98 Å². The van der Waals surface area contributed by atoms with E-state index in [0.29, 0.717) is 17.1 Å². The Morgan fingerprint density at radius 3 is 2.00 bits per heavy atom. The molecule has 0 atom stereocenters. The highest BCUT2D eigenvalue weighted by Crippen LogP contribution is 2.37. The zero-order valence-corrected chi connectivity index (χ0v) is 16.2. The molecule has 0 amide bonds. The van der Waals surface area contributed by atoms with E-state index in [1.54, 1.807) is 13.2 Å². The number of ketones is 1. The van der Waals surface area contributed by atoms with Gasteiger partial charge in [-0.3, -0.25) is 4.79 Å². The van der Waals surface area contributed by atoms with Gasteiger partial charge in [0.05, 0.1) is 28.4 Å². The predicted molar refractivity (Wildman–Crippen MR) is 96.8 cm³/mol. The topological polar surface area (TPSA) is 79.8 Å². The summed E-state index contributed by atoms with van der Waals surface area (Å²) in [6, 6.07) is 3.62. The van der Waals surface area contributed by atoms with Crippen molar-refractivity contribution in [1.82, 2.24) is 9.97 Å². The van der Waals surface area contributed by atoms with Crippen LogP contribution in [-0.2, 0) is 5.41 Å². The van der Waals surface area contributed by atoms with E-state index in [4.69, 9.17) is 18.9 Å². The zero-order chi connectivity index (χ0) is 19.5. The third-order valence-corrected chi connectivity index (χ3v) is 3.93. The van der Waals surface area contributed by atoms with Gasteiger partial charge in [0.25, 0.3) is 0 Å². The molecule has 2 rings (SSSR count). The molecule has 140 valence electrons. The molecule has 2 aromatic rings. The summed E-state index contributed by atoms with van der Waals surface area (Å²) >= 11 is 0. The number of hydrogen-bond donors (Lipinski definition) is 0. The minimum Gasteiger partial charge on any atom is -0.493 e. The molecule has 0 aliphatic rings. The number of rotatable bonds is 6. The van der Waals surface area contributed by atoms with Crippen molar-refractivity contribution in [2.45, 2.75) is 26.2 Å². The lowest BCUT2D eigenvalue weighted by atomic mass is 9.81. The van der Waals surface area contributed by atoms with Crippen LogP contribution in [0.15, 0.2) is 18.3 Å². The molecule has 0 N–H and O–H groups in total. The molecule has 0 bridgehead atoms. The van der Waals surface area contributed by atoms with Crippen LogP contribution in [0.3, 0.4) is 0 Å². The summed E-state index contributed by atoms with van der Waals surface area (Å²) in [6.45, 7) is 6.06. The molecule has 0 aliphatic heterocycles. The maximum atomic E-state index is 13.3. The van der Waals surface area contributed by atoms with Crippen molar-refractivity contribution in [3.05, 3.63) is 35.0 Å². The van der Waals surface area contributed by atoms with Gasteiger partial charge in [0.1, 0.15) is 5.56 Å². The Morgan fingerprint density at radius 1 is 0.885 bits per heavy atom. The zero-order valence-electron chi connectivity index (χ0n) is 16.2. The SMILES string of the molecule is COc1ncc(C(=O)c2cc(OC)c(OC)cc2C(C)(C)C)c(OC)n1. The summed E-state index contributed by atoms with van der Waals surface area (Å²) < 4.78 is 21.0. The summed E-state index contributed by atoms with van der Waals surface area (Å²) in [5.41, 5.74) is 1.23. The van der Waals surface area contributed by atoms with E-state index in [0.717, 1.165) is 5.56 Å². The second kappa shape index (κ2) is 7.59. The van der Waals surface area contributed by atoms with Crippen molar-refractivity contribution in [2.24, 2.45) is 0 Å². The average Bonchev–Trinajstić information content (AvgIpc) is 2.64. The minimum absolute atomic E-state index is 0.127. The summed E-state index contributed by atoms with van der Waals surface area (Å²) in [7, 11) is 5.98. The van der Waals surface area contributed by atoms with Crippen molar-refractivity contribution in [1.29, 1.82) is 0 Å². The Morgan fingerprint density at radius 2 is 1.50 bits per heavy atom. The van der Waals surface area contributed by atoms with Crippen LogP contribution in [0.25, 0.3) is 0 Å². The van der Waals surface area contributed by atoms with Gasteiger partial charge in [0.15, 0.2) is 17.3 Å². The fourth-order valence-corrected chi connectivity index (χ4v) is 2.59. The molecule has 0 radical (unpaired) electrons. The quantitative estimate of drug-likeness (QED) is 0.733. The van der Waals surface area contributed by atoms with Gasteiger partial charge >= 0.3 is 6.01 Å². The normalized spacial score (nSPS) is 11.0. The van der Waals surface area contributed by atoms with Crippen LogP contribution >= 0.6 is 0 Å². The van der Waals surface area contributed by atoms with Gasteiger partial charge in [-0.05, 0) is 23.1 Å². The summed E-state index contributed by atoms with van der Waals surface area (Å²) in [6.07, 6.45) is 1.40. The Bertz CT molecular complexity index is 812. The molecule has 26 heavy (non-hydrogen) atoms. The van der Waals surface area contributed by atoms with Crippen molar-refractivity contribution in [2.75, 3.05) is 28.4 Å². The number of hydrogen-bond acceptors (Lipinski definition) is 7. The number of carbonyl (C=O) groups is 1. The fourth-order valence-electron chi connectivity index (χ4n) is 2.59. The molecule has 7 heteroatoms. The van der Waals surface area contributed by atoms with E-state index in [-0.39, 0.29) is 28.7 Å². The minimum atomic E-state index is -0.300. The Balaban J connectivity index is 2.68. The number of carbonyl (C=O) groups excluding carboxylic acids is 1. The monoisotopic (exact) mass is 360 g/mol. The molecule has 0 aliphatic carbocycles. The molecule has 0 spiro atoms. The summed E-state index contributed by atoms with van der Waals surface area (Å²) in [5, 5.41) is 0. The smallest absolute Gasteiger partial charge is 0.319 e. The van der Waals surface area contributed by atoms with Gasteiger partial charge in [0, 0.05) is 11.8 Å². The highest BCUT2D eigenvalue weighted by Gasteiger charge is 2.27. The van der Waals surface area contributed by atoms with Gasteiger partial charge in [-0.25, -0.2) is 4.98 Å². The first-order valence-electron chi connectivity index (χ1n) is 8.03. The summed E-state index contributed by atoms with van der Waals surface area (Å²) in [5.74, 6) is 0.913. The van der Waals surface area contributed by atoms with Gasteiger partial charge in [0.2, 0.25) is 5.88 Å². The lowest BCUT2D eigenvalue weighted by molar-refractivity contribution is 0.103. The highest BCUT2D eigenvalue weighted by molar-refractivity contribution is 6.11. The molecule has 7 nitrogen and oxygen atoms in total. The van der Waals surface area contributed by atoms with E-state index < -0.39 is 0 Å². The lowest BCUT2D eigenvalue weighted by Gasteiger charge is -2.24. The average molecular weight is 360 g/mol. The number of methoxy groups -OCH3 is 4. The van der Waals surface area contributed by atoms with Crippen molar-refractivity contribution < 1.29 is 23.7 Å². The highest BCUT2D eigenvalue weighted by atomic mass is 16.5. The van der Waals surface area contributed by atoms with Crippen molar-refractivity contribution in [3.8, 4) is 23.4 Å². The Labute approximate surface area is 153 Å². The van der Waals surface area contributed by atoms with Crippen LogP contribution in [0.1, 0.15) is 42.3 Å². The van der Waals surface area contributed by atoms with Crippen LogP contribution < -0.4 is 18.9 Å². The molecule has 0 saturated heterocycles. The van der Waals surface area contributed by atoms with Crippen molar-refractivity contribution in [3.63, 3.8) is 0 Å². The molecular weight excluding hydrogens is 336 g/mol. The molecule has 1 aromatic carbocycles. The Kier molecular flexibility index (Phi) is 5.69. The first-order chi connectivity index (χ1) is 12.3. The third kappa shape index (κ3) is 3.71. The third-order valence-electron chi connectivity index (χ3n) is 3.93. The van der Waals surface area contributed by atoms with Crippen LogP contribution in [0, 0.1) is 0 Å². The largest absolute Gasteiger partial charge is 0.493 e. The molecule has 1 heterocycles. The maximum absolute atomic E-state index is 13.3. The second-order valence-corrected chi connectivity index (χ2v) is 6.61. The maximum Gasteiger partial charge on any atom is 0.319 e. The van der Waals surface area contributed by atoms with E-state index in [2.05, 4.69) is 9.97 Å². The van der Waals surface area contributed by atoms with Crippen LogP contribution in [0.4, 0.5) is 0 Å². The van der Waals surface area contributed by atoms with Gasteiger partial charge < -0.3 is 18.9 Å². The lowest BCUT2D eigenvalue weighted by Crippen LogP contribution is -2.19. The van der Waals surface area contributed by atoms with E-state index in [1.165, 1.54) is 27.5 Å². The predicted octanol–water partition coefficient (Wildman–Crippen LogP) is 3.04. The second-order valence-electron chi connectivity index (χ2n) is 6.61. The van der Waals surface area contributed by atoms with Crippen LogP contribution in [0.2, 0.25) is 0 Å². The molecular formula is C19H24N2O5.